The Morgan fingerprint density at radius 2 is 1.95 bits per heavy atom. The molecule has 114 valence electrons. The van der Waals surface area contributed by atoms with Crippen molar-refractivity contribution in [1.29, 1.82) is 0 Å². The molecule has 0 amide bonds. The van der Waals surface area contributed by atoms with E-state index in [0.29, 0.717) is 11.3 Å². The lowest BCUT2D eigenvalue weighted by atomic mass is 10.4. The third-order valence-electron chi connectivity index (χ3n) is 3.07. The van der Waals surface area contributed by atoms with E-state index in [9.17, 15) is 8.42 Å². The summed E-state index contributed by atoms with van der Waals surface area (Å²) in [6, 6.07) is 6.81. The van der Waals surface area contributed by atoms with Gasteiger partial charge in [0.25, 0.3) is 0 Å². The molecule has 0 aliphatic carbocycles. The minimum Gasteiger partial charge on any atom is -0.390 e. The van der Waals surface area contributed by atoms with E-state index in [2.05, 4.69) is 4.98 Å². The predicted octanol–water partition coefficient (Wildman–Crippen LogP) is 2.25. The van der Waals surface area contributed by atoms with Crippen LogP contribution in [-0.2, 0) is 23.5 Å². The molecule has 1 aromatic carbocycles. The third-order valence-corrected chi connectivity index (χ3v) is 6.07. The minimum absolute atomic E-state index is 0.0573. The van der Waals surface area contributed by atoms with Crippen LogP contribution in [0.15, 0.2) is 45.4 Å². The fourth-order valence-electron chi connectivity index (χ4n) is 1.87. The lowest BCUT2D eigenvalue weighted by molar-refractivity contribution is 0.271. The van der Waals surface area contributed by atoms with E-state index < -0.39 is 9.84 Å². The normalized spacial score (nSPS) is 11.8. The van der Waals surface area contributed by atoms with Crippen LogP contribution >= 0.6 is 11.8 Å². The lowest BCUT2D eigenvalue weighted by Gasteiger charge is -2.06. The lowest BCUT2D eigenvalue weighted by Crippen LogP contribution is -2.05. The van der Waals surface area contributed by atoms with Gasteiger partial charge in [-0.25, -0.2) is 13.4 Å². The SMILES string of the molecule is CCCS(=O)(=O)c1ccc(Sc2ncc(CO)n2C)cc1. The molecular formula is C14H18N2O3S2. The van der Waals surface area contributed by atoms with E-state index in [0.717, 1.165) is 15.7 Å². The quantitative estimate of drug-likeness (QED) is 0.881. The molecule has 0 aliphatic heterocycles. The molecule has 1 N–H and O–H groups in total. The second-order valence-corrected chi connectivity index (χ2v) is 7.79. The Labute approximate surface area is 128 Å². The van der Waals surface area contributed by atoms with Gasteiger partial charge in [0, 0.05) is 11.9 Å². The summed E-state index contributed by atoms with van der Waals surface area (Å²) in [6.45, 7) is 1.79. The van der Waals surface area contributed by atoms with E-state index in [4.69, 9.17) is 5.11 Å². The summed E-state index contributed by atoms with van der Waals surface area (Å²) in [5, 5.41) is 9.89. The van der Waals surface area contributed by atoms with Crippen molar-refractivity contribution in [2.24, 2.45) is 7.05 Å². The number of sulfone groups is 1. The van der Waals surface area contributed by atoms with Crippen LogP contribution in [-0.4, -0.2) is 28.8 Å². The maximum absolute atomic E-state index is 11.9. The molecule has 0 spiro atoms. The van der Waals surface area contributed by atoms with Crippen molar-refractivity contribution in [3.05, 3.63) is 36.2 Å². The molecule has 21 heavy (non-hydrogen) atoms. The van der Waals surface area contributed by atoms with Gasteiger partial charge in [-0.15, -0.1) is 0 Å². The molecule has 0 saturated carbocycles. The van der Waals surface area contributed by atoms with Crippen molar-refractivity contribution >= 4 is 21.6 Å². The highest BCUT2D eigenvalue weighted by Gasteiger charge is 2.13. The number of aliphatic hydroxyl groups excluding tert-OH is 1. The van der Waals surface area contributed by atoms with Crippen molar-refractivity contribution in [1.82, 2.24) is 9.55 Å². The second-order valence-electron chi connectivity index (χ2n) is 4.64. The fourth-order valence-corrected chi connectivity index (χ4v) is 4.04. The number of hydrogen-bond donors (Lipinski definition) is 1. The fraction of sp³-hybridized carbons (Fsp3) is 0.357. The van der Waals surface area contributed by atoms with Crippen molar-refractivity contribution in [2.75, 3.05) is 5.75 Å². The van der Waals surface area contributed by atoms with Gasteiger partial charge in [-0.05, 0) is 30.7 Å². The molecule has 0 radical (unpaired) electrons. The highest BCUT2D eigenvalue weighted by molar-refractivity contribution is 7.99. The predicted molar refractivity (Wildman–Crippen MR) is 82.0 cm³/mol. The van der Waals surface area contributed by atoms with Crippen LogP contribution in [0, 0.1) is 0 Å². The second kappa shape index (κ2) is 6.64. The summed E-state index contributed by atoms with van der Waals surface area (Å²) >= 11 is 1.43. The summed E-state index contributed by atoms with van der Waals surface area (Å²) in [6.07, 6.45) is 2.23. The van der Waals surface area contributed by atoms with Crippen molar-refractivity contribution in [2.45, 2.75) is 34.9 Å². The summed E-state index contributed by atoms with van der Waals surface area (Å²) in [4.78, 5) is 5.49. The van der Waals surface area contributed by atoms with Gasteiger partial charge in [0.2, 0.25) is 0 Å². The number of imidazole rings is 1. The van der Waals surface area contributed by atoms with Crippen molar-refractivity contribution in [3.8, 4) is 0 Å². The summed E-state index contributed by atoms with van der Waals surface area (Å²) in [7, 11) is -1.34. The van der Waals surface area contributed by atoms with Gasteiger partial charge in [0.1, 0.15) is 0 Å². The Kier molecular flexibility index (Phi) is 5.08. The van der Waals surface area contributed by atoms with Crippen molar-refractivity contribution < 1.29 is 13.5 Å². The first-order chi connectivity index (χ1) is 9.97. The molecule has 2 aromatic rings. The Bertz CT molecular complexity index is 706. The van der Waals surface area contributed by atoms with Gasteiger partial charge >= 0.3 is 0 Å². The number of hydrogen-bond acceptors (Lipinski definition) is 5. The number of nitrogens with zero attached hydrogens (tertiary/aromatic N) is 2. The van der Waals surface area contributed by atoms with E-state index in [1.807, 2.05) is 18.5 Å². The van der Waals surface area contributed by atoms with Crippen LogP contribution in [0.3, 0.4) is 0 Å². The maximum atomic E-state index is 11.9. The summed E-state index contributed by atoms with van der Waals surface area (Å²) in [5.74, 6) is 0.165. The molecule has 0 fully saturated rings. The topological polar surface area (TPSA) is 72.2 Å². The number of aliphatic hydroxyl groups is 1. The molecule has 5 nitrogen and oxygen atoms in total. The van der Waals surface area contributed by atoms with Crippen LogP contribution < -0.4 is 0 Å². The highest BCUT2D eigenvalue weighted by Crippen LogP contribution is 2.28. The first-order valence-corrected chi connectivity index (χ1v) is 9.07. The van der Waals surface area contributed by atoms with Crippen LogP contribution in [0.2, 0.25) is 0 Å². The molecular weight excluding hydrogens is 308 g/mol. The van der Waals surface area contributed by atoms with E-state index in [-0.39, 0.29) is 12.4 Å². The molecule has 7 heteroatoms. The van der Waals surface area contributed by atoms with E-state index >= 15 is 0 Å². The monoisotopic (exact) mass is 326 g/mol. The average Bonchev–Trinajstić information content (AvgIpc) is 2.80. The summed E-state index contributed by atoms with van der Waals surface area (Å²) in [5.41, 5.74) is 0.736. The van der Waals surface area contributed by atoms with Crippen LogP contribution in [0.1, 0.15) is 19.0 Å². The van der Waals surface area contributed by atoms with E-state index in [1.54, 1.807) is 30.5 Å². The van der Waals surface area contributed by atoms with E-state index in [1.165, 1.54) is 11.8 Å². The number of aromatic nitrogens is 2. The molecule has 0 bridgehead atoms. The van der Waals surface area contributed by atoms with Gasteiger partial charge in [0.05, 0.1) is 29.1 Å². The van der Waals surface area contributed by atoms with Gasteiger partial charge in [-0.1, -0.05) is 18.7 Å². The molecule has 0 atom stereocenters. The largest absolute Gasteiger partial charge is 0.390 e. The Hall–Kier alpha value is -1.31. The Morgan fingerprint density at radius 1 is 1.29 bits per heavy atom. The molecule has 0 aliphatic rings. The first kappa shape index (κ1) is 16.1. The smallest absolute Gasteiger partial charge is 0.178 e. The van der Waals surface area contributed by atoms with Crippen molar-refractivity contribution in [3.63, 3.8) is 0 Å². The zero-order valence-electron chi connectivity index (χ0n) is 12.0. The Balaban J connectivity index is 2.18. The molecule has 2 rings (SSSR count). The average molecular weight is 326 g/mol. The summed E-state index contributed by atoms with van der Waals surface area (Å²) < 4.78 is 25.7. The number of rotatable bonds is 6. The highest BCUT2D eigenvalue weighted by atomic mass is 32.2. The molecule has 1 heterocycles. The standard InChI is InChI=1S/C14H18N2O3S2/c1-3-8-21(18,19)13-6-4-12(5-7-13)20-14-15-9-11(10-17)16(14)2/h4-7,9,17H,3,8,10H2,1-2H3. The molecule has 1 aromatic heterocycles. The number of benzene rings is 1. The molecule has 0 unspecified atom stereocenters. The van der Waals surface area contributed by atoms with Gasteiger partial charge < -0.3 is 9.67 Å². The minimum atomic E-state index is -3.17. The Morgan fingerprint density at radius 3 is 2.48 bits per heavy atom. The zero-order valence-corrected chi connectivity index (χ0v) is 13.6. The first-order valence-electron chi connectivity index (χ1n) is 6.60. The molecule has 0 saturated heterocycles. The van der Waals surface area contributed by atoms with Crippen LogP contribution in [0.5, 0.6) is 0 Å². The van der Waals surface area contributed by atoms with Gasteiger partial charge in [0.15, 0.2) is 15.0 Å². The zero-order chi connectivity index (χ0) is 15.5. The maximum Gasteiger partial charge on any atom is 0.178 e. The third kappa shape index (κ3) is 3.66. The van der Waals surface area contributed by atoms with Gasteiger partial charge in [-0.2, -0.15) is 0 Å². The van der Waals surface area contributed by atoms with Crippen LogP contribution in [0.4, 0.5) is 0 Å². The van der Waals surface area contributed by atoms with Gasteiger partial charge in [-0.3, -0.25) is 0 Å². The van der Waals surface area contributed by atoms with Crippen LogP contribution in [0.25, 0.3) is 0 Å².